The minimum atomic E-state index is 0.153. The number of piperidine rings is 1. The van der Waals surface area contributed by atoms with Crippen molar-refractivity contribution in [2.45, 2.75) is 49.7 Å². The fourth-order valence-corrected chi connectivity index (χ4v) is 5.58. The van der Waals surface area contributed by atoms with Crippen molar-refractivity contribution in [3.8, 4) is 11.4 Å². The molecular weight excluding hydrogens is 468 g/mol. The number of hydrogen-bond acceptors (Lipinski definition) is 8. The van der Waals surface area contributed by atoms with E-state index in [-0.39, 0.29) is 5.91 Å². The third-order valence-corrected chi connectivity index (χ3v) is 7.54. The Labute approximate surface area is 208 Å². The third-order valence-electron chi connectivity index (χ3n) is 5.78. The van der Waals surface area contributed by atoms with Gasteiger partial charge in [0.2, 0.25) is 5.91 Å². The van der Waals surface area contributed by atoms with Gasteiger partial charge in [-0.1, -0.05) is 30.4 Å². The third kappa shape index (κ3) is 6.09. The zero-order valence-electron chi connectivity index (χ0n) is 20.0. The van der Waals surface area contributed by atoms with Crippen LogP contribution in [-0.2, 0) is 10.5 Å². The molecule has 1 aliphatic heterocycles. The van der Waals surface area contributed by atoms with Gasteiger partial charge in [0.25, 0.3) is 0 Å². The Bertz CT molecular complexity index is 1110. The maximum Gasteiger partial charge on any atom is 0.233 e. The van der Waals surface area contributed by atoms with Crippen molar-refractivity contribution >= 4 is 29.4 Å². The summed E-state index contributed by atoms with van der Waals surface area (Å²) in [6, 6.07) is 9.73. The Balaban J connectivity index is 1.53. The van der Waals surface area contributed by atoms with Crippen LogP contribution in [0.5, 0.6) is 5.75 Å². The maximum absolute atomic E-state index is 12.8. The molecule has 0 saturated carbocycles. The second-order valence-electron chi connectivity index (χ2n) is 8.51. The standard InChI is InChI=1S/C24H30N6O2S2/c1-16-9-11-29(12-10-16)22(31)15-34-24-28-27-21(14-33-23-25-17(2)13-18(3)26-23)30(24)19-5-7-20(32-4)8-6-19/h5-8,13,16H,9-12,14-15H2,1-4H3. The van der Waals surface area contributed by atoms with Crippen LogP contribution >= 0.6 is 23.5 Å². The average molecular weight is 499 g/mol. The van der Waals surface area contributed by atoms with Crippen LogP contribution in [0.15, 0.2) is 40.6 Å². The van der Waals surface area contributed by atoms with E-state index in [1.54, 1.807) is 7.11 Å². The Kier molecular flexibility index (Phi) is 8.10. The smallest absolute Gasteiger partial charge is 0.233 e. The molecule has 1 saturated heterocycles. The normalized spacial score (nSPS) is 14.4. The number of benzene rings is 1. The van der Waals surface area contributed by atoms with Gasteiger partial charge < -0.3 is 9.64 Å². The number of aryl methyl sites for hydroxylation is 2. The summed E-state index contributed by atoms with van der Waals surface area (Å²) in [5, 5.41) is 10.3. The van der Waals surface area contributed by atoms with Crippen molar-refractivity contribution < 1.29 is 9.53 Å². The fraction of sp³-hybridized carbons (Fsp3) is 0.458. The van der Waals surface area contributed by atoms with Gasteiger partial charge in [-0.2, -0.15) is 0 Å². The predicted molar refractivity (Wildman–Crippen MR) is 135 cm³/mol. The van der Waals surface area contributed by atoms with Crippen molar-refractivity contribution in [1.29, 1.82) is 0 Å². The molecule has 1 amide bonds. The molecule has 1 aromatic carbocycles. The SMILES string of the molecule is COc1ccc(-n2c(CSc3nc(C)cc(C)n3)nnc2SCC(=O)N2CCC(C)CC2)cc1. The summed E-state index contributed by atoms with van der Waals surface area (Å²) in [5.74, 6) is 3.30. The summed E-state index contributed by atoms with van der Waals surface area (Å²) in [5.41, 5.74) is 2.80. The average Bonchev–Trinajstić information content (AvgIpc) is 3.24. The molecule has 8 nitrogen and oxygen atoms in total. The van der Waals surface area contributed by atoms with Crippen LogP contribution in [-0.4, -0.2) is 61.5 Å². The van der Waals surface area contributed by atoms with Gasteiger partial charge in [0.1, 0.15) is 11.6 Å². The maximum atomic E-state index is 12.8. The van der Waals surface area contributed by atoms with E-state index in [0.717, 1.165) is 54.6 Å². The first kappa shape index (κ1) is 24.5. The molecule has 180 valence electrons. The van der Waals surface area contributed by atoms with Crippen molar-refractivity contribution in [2.24, 2.45) is 5.92 Å². The lowest BCUT2D eigenvalue weighted by Gasteiger charge is -2.30. The van der Waals surface area contributed by atoms with Crippen molar-refractivity contribution in [2.75, 3.05) is 26.0 Å². The highest BCUT2D eigenvalue weighted by molar-refractivity contribution is 7.99. The summed E-state index contributed by atoms with van der Waals surface area (Å²) in [7, 11) is 1.65. The number of ether oxygens (including phenoxy) is 1. The van der Waals surface area contributed by atoms with Crippen LogP contribution in [0, 0.1) is 19.8 Å². The number of aromatic nitrogens is 5. The Morgan fingerprint density at radius 1 is 1.06 bits per heavy atom. The fourth-order valence-electron chi connectivity index (χ4n) is 3.84. The number of rotatable bonds is 8. The highest BCUT2D eigenvalue weighted by Gasteiger charge is 2.22. The van der Waals surface area contributed by atoms with Crippen LogP contribution < -0.4 is 4.74 Å². The molecule has 0 N–H and O–H groups in total. The van der Waals surface area contributed by atoms with E-state index in [4.69, 9.17) is 4.74 Å². The van der Waals surface area contributed by atoms with Gasteiger partial charge in [-0.05, 0) is 62.9 Å². The number of likely N-dealkylation sites (tertiary alicyclic amines) is 1. The minimum absolute atomic E-state index is 0.153. The molecule has 1 aliphatic rings. The van der Waals surface area contributed by atoms with E-state index < -0.39 is 0 Å². The largest absolute Gasteiger partial charge is 0.497 e. The zero-order chi connectivity index (χ0) is 24.1. The molecule has 0 radical (unpaired) electrons. The summed E-state index contributed by atoms with van der Waals surface area (Å²) >= 11 is 2.95. The molecule has 3 heterocycles. The number of amides is 1. The molecule has 0 aliphatic carbocycles. The van der Waals surface area contributed by atoms with Crippen molar-refractivity contribution in [3.05, 3.63) is 47.5 Å². The first-order chi connectivity index (χ1) is 16.4. The molecule has 0 atom stereocenters. The first-order valence-electron chi connectivity index (χ1n) is 11.4. The number of nitrogens with zero attached hydrogens (tertiary/aromatic N) is 6. The molecule has 0 bridgehead atoms. The van der Waals surface area contributed by atoms with E-state index >= 15 is 0 Å². The number of hydrogen-bond donors (Lipinski definition) is 0. The molecule has 10 heteroatoms. The van der Waals surface area contributed by atoms with Crippen LogP contribution in [0.2, 0.25) is 0 Å². The van der Waals surface area contributed by atoms with E-state index in [1.165, 1.54) is 23.5 Å². The second-order valence-corrected chi connectivity index (χ2v) is 10.4. The molecule has 34 heavy (non-hydrogen) atoms. The van der Waals surface area contributed by atoms with E-state index in [0.29, 0.717) is 27.7 Å². The highest BCUT2D eigenvalue weighted by atomic mass is 32.2. The van der Waals surface area contributed by atoms with E-state index in [9.17, 15) is 4.79 Å². The summed E-state index contributed by atoms with van der Waals surface area (Å²) < 4.78 is 7.32. The van der Waals surface area contributed by atoms with E-state index in [1.807, 2.05) is 53.6 Å². The molecule has 2 aromatic heterocycles. The number of carbonyl (C=O) groups is 1. The van der Waals surface area contributed by atoms with Crippen LogP contribution in [0.1, 0.15) is 37.0 Å². The van der Waals surface area contributed by atoms with Crippen LogP contribution in [0.25, 0.3) is 5.69 Å². The summed E-state index contributed by atoms with van der Waals surface area (Å²) in [6.07, 6.45) is 2.14. The van der Waals surface area contributed by atoms with Gasteiger partial charge >= 0.3 is 0 Å². The predicted octanol–water partition coefficient (Wildman–Crippen LogP) is 4.33. The number of carbonyl (C=O) groups excluding carboxylic acids is 1. The van der Waals surface area contributed by atoms with Gasteiger partial charge in [0.05, 0.1) is 18.6 Å². The quantitative estimate of drug-likeness (QED) is 0.335. The van der Waals surface area contributed by atoms with E-state index in [2.05, 4.69) is 27.1 Å². The molecule has 1 fully saturated rings. The number of methoxy groups -OCH3 is 1. The lowest BCUT2D eigenvalue weighted by molar-refractivity contribution is -0.129. The lowest BCUT2D eigenvalue weighted by Crippen LogP contribution is -2.38. The van der Waals surface area contributed by atoms with Gasteiger partial charge in [0, 0.05) is 30.2 Å². The Morgan fingerprint density at radius 3 is 2.38 bits per heavy atom. The minimum Gasteiger partial charge on any atom is -0.497 e. The number of thioether (sulfide) groups is 2. The van der Waals surface area contributed by atoms with Gasteiger partial charge in [-0.25, -0.2) is 9.97 Å². The first-order valence-corrected chi connectivity index (χ1v) is 13.3. The molecule has 0 unspecified atom stereocenters. The molecule has 0 spiro atoms. The molecular formula is C24H30N6O2S2. The Hall–Kier alpha value is -2.59. The van der Waals surface area contributed by atoms with Crippen LogP contribution in [0.4, 0.5) is 0 Å². The van der Waals surface area contributed by atoms with Crippen molar-refractivity contribution in [3.63, 3.8) is 0 Å². The van der Waals surface area contributed by atoms with Gasteiger partial charge in [-0.15, -0.1) is 10.2 Å². The van der Waals surface area contributed by atoms with Gasteiger partial charge in [0.15, 0.2) is 10.3 Å². The van der Waals surface area contributed by atoms with Crippen LogP contribution in [0.3, 0.4) is 0 Å². The summed E-state index contributed by atoms with van der Waals surface area (Å²) in [4.78, 5) is 23.8. The monoisotopic (exact) mass is 498 g/mol. The summed E-state index contributed by atoms with van der Waals surface area (Å²) in [6.45, 7) is 7.85. The van der Waals surface area contributed by atoms with Gasteiger partial charge in [-0.3, -0.25) is 9.36 Å². The van der Waals surface area contributed by atoms with Crippen molar-refractivity contribution in [1.82, 2.24) is 29.6 Å². The second kappa shape index (κ2) is 11.2. The lowest BCUT2D eigenvalue weighted by atomic mass is 9.99. The molecule has 4 rings (SSSR count). The topological polar surface area (TPSA) is 86.0 Å². The Morgan fingerprint density at radius 2 is 1.74 bits per heavy atom. The zero-order valence-corrected chi connectivity index (χ0v) is 21.7. The molecule has 3 aromatic rings. The highest BCUT2D eigenvalue weighted by Crippen LogP contribution is 2.28.